The summed E-state index contributed by atoms with van der Waals surface area (Å²) in [6, 6.07) is 17.1. The smallest absolute Gasteiger partial charge is 0.337 e. The molecule has 0 fully saturated rings. The number of rotatable bonds is 6. The number of fused-ring (bicyclic) bond motifs is 1. The average molecular weight is 448 g/mol. The van der Waals surface area contributed by atoms with Gasteiger partial charge in [-0.05, 0) is 54.6 Å². The molecule has 0 bridgehead atoms. The molecule has 2 N–H and O–H groups in total. The van der Waals surface area contributed by atoms with Crippen molar-refractivity contribution < 1.29 is 28.9 Å². The number of carbonyl (C=O) groups is 2. The normalized spacial score (nSPS) is 12.7. The first-order valence-corrected chi connectivity index (χ1v) is 10.4. The molecule has 8 heteroatoms. The molecule has 1 aliphatic rings. The highest BCUT2D eigenvalue weighted by atomic mass is 16.5. The predicted molar refractivity (Wildman–Crippen MR) is 124 cm³/mol. The van der Waals surface area contributed by atoms with Crippen molar-refractivity contribution in [3.63, 3.8) is 0 Å². The van der Waals surface area contributed by atoms with Gasteiger partial charge in [0.25, 0.3) is 5.91 Å². The molecule has 1 heterocycles. The van der Waals surface area contributed by atoms with Gasteiger partial charge in [-0.25, -0.2) is 4.79 Å². The van der Waals surface area contributed by atoms with Crippen molar-refractivity contribution in [2.45, 2.75) is 6.54 Å². The van der Waals surface area contributed by atoms with Crippen LogP contribution in [0.25, 0.3) is 0 Å². The van der Waals surface area contributed by atoms with E-state index in [4.69, 9.17) is 14.2 Å². The molecule has 3 aromatic rings. The monoisotopic (exact) mass is 448 g/mol. The lowest BCUT2D eigenvalue weighted by Crippen LogP contribution is -2.27. The van der Waals surface area contributed by atoms with Gasteiger partial charge in [-0.1, -0.05) is 0 Å². The van der Waals surface area contributed by atoms with Crippen molar-refractivity contribution in [2.24, 2.45) is 0 Å². The van der Waals surface area contributed by atoms with Crippen LogP contribution in [0.2, 0.25) is 0 Å². The van der Waals surface area contributed by atoms with Crippen LogP contribution in [0.3, 0.4) is 0 Å². The summed E-state index contributed by atoms with van der Waals surface area (Å²) < 4.78 is 16.2. The van der Waals surface area contributed by atoms with Gasteiger partial charge in [-0.2, -0.15) is 0 Å². The van der Waals surface area contributed by atoms with Gasteiger partial charge in [0, 0.05) is 29.4 Å². The van der Waals surface area contributed by atoms with Crippen LogP contribution in [0.1, 0.15) is 26.3 Å². The predicted octanol–water partition coefficient (Wildman–Crippen LogP) is 4.05. The lowest BCUT2D eigenvalue weighted by molar-refractivity contribution is 0.0697. The molecule has 33 heavy (non-hydrogen) atoms. The second-order valence-corrected chi connectivity index (χ2v) is 7.46. The van der Waals surface area contributed by atoms with Crippen LogP contribution in [0.4, 0.5) is 11.4 Å². The molecule has 0 unspecified atom stereocenters. The van der Waals surface area contributed by atoms with E-state index >= 15 is 0 Å². The van der Waals surface area contributed by atoms with Gasteiger partial charge in [0.15, 0.2) is 0 Å². The number of nitrogens with one attached hydrogen (secondary N) is 1. The number of amides is 1. The number of benzene rings is 3. The zero-order valence-corrected chi connectivity index (χ0v) is 18.3. The van der Waals surface area contributed by atoms with E-state index in [-0.39, 0.29) is 11.5 Å². The second kappa shape index (κ2) is 9.52. The highest BCUT2D eigenvalue weighted by Crippen LogP contribution is 2.32. The fraction of sp³-hybridized carbons (Fsp3) is 0.200. The van der Waals surface area contributed by atoms with Crippen LogP contribution >= 0.6 is 0 Å². The topological polar surface area (TPSA) is 97.3 Å². The molecular formula is C25H24N2O6. The molecule has 0 saturated heterocycles. The van der Waals surface area contributed by atoms with Gasteiger partial charge in [-0.15, -0.1) is 0 Å². The number of hydrogen-bond acceptors (Lipinski definition) is 6. The van der Waals surface area contributed by atoms with Crippen molar-refractivity contribution in [3.05, 3.63) is 77.4 Å². The minimum absolute atomic E-state index is 0.0968. The molecule has 3 aromatic carbocycles. The van der Waals surface area contributed by atoms with E-state index in [1.807, 2.05) is 23.1 Å². The molecule has 0 aliphatic carbocycles. The average Bonchev–Trinajstić information content (AvgIpc) is 3.05. The molecule has 170 valence electrons. The third-order valence-electron chi connectivity index (χ3n) is 5.43. The first kappa shape index (κ1) is 22.0. The third-order valence-corrected chi connectivity index (χ3v) is 5.43. The Labute approximate surface area is 191 Å². The molecule has 4 rings (SSSR count). The summed E-state index contributed by atoms with van der Waals surface area (Å²) in [6.07, 6.45) is 0. The molecule has 8 nitrogen and oxygen atoms in total. The number of methoxy groups -OCH3 is 2. The van der Waals surface area contributed by atoms with Crippen molar-refractivity contribution >= 4 is 23.3 Å². The Morgan fingerprint density at radius 1 is 0.970 bits per heavy atom. The zero-order valence-electron chi connectivity index (χ0n) is 18.3. The van der Waals surface area contributed by atoms with E-state index in [1.165, 1.54) is 6.07 Å². The first-order chi connectivity index (χ1) is 16.0. The molecule has 0 spiro atoms. The lowest BCUT2D eigenvalue weighted by atomic mass is 10.1. The number of ether oxygens (including phenoxy) is 3. The molecule has 1 aliphatic heterocycles. The Balaban J connectivity index is 1.57. The van der Waals surface area contributed by atoms with E-state index in [2.05, 4.69) is 5.32 Å². The Kier molecular flexibility index (Phi) is 6.35. The lowest BCUT2D eigenvalue weighted by Gasteiger charge is -2.24. The van der Waals surface area contributed by atoms with E-state index in [9.17, 15) is 14.7 Å². The number of aromatic carboxylic acids is 1. The number of carbonyl (C=O) groups excluding carboxylic acids is 1. The molecule has 0 radical (unpaired) electrons. The second-order valence-electron chi connectivity index (χ2n) is 7.46. The van der Waals surface area contributed by atoms with Crippen LogP contribution in [0.15, 0.2) is 60.7 Å². The number of nitrogens with zero attached hydrogens (tertiary/aromatic N) is 1. The summed E-state index contributed by atoms with van der Waals surface area (Å²) in [6.45, 7) is 1.39. The van der Waals surface area contributed by atoms with Crippen molar-refractivity contribution in [3.8, 4) is 17.2 Å². The minimum atomic E-state index is -1.08. The first-order valence-electron chi connectivity index (χ1n) is 10.4. The van der Waals surface area contributed by atoms with Crippen LogP contribution in [-0.4, -0.2) is 44.4 Å². The molecule has 0 saturated carbocycles. The zero-order chi connectivity index (χ0) is 23.4. The highest BCUT2D eigenvalue weighted by Gasteiger charge is 2.22. The Morgan fingerprint density at radius 3 is 2.39 bits per heavy atom. The summed E-state index contributed by atoms with van der Waals surface area (Å²) in [5, 5.41) is 12.6. The van der Waals surface area contributed by atoms with Crippen LogP contribution in [-0.2, 0) is 6.54 Å². The standard InChI is InChI=1S/C25H24N2O6/c1-31-19-7-3-16(4-8-19)24(28)26-18-6-10-22(21(13-18)25(29)30)27-11-12-33-23-14-20(32-2)9-5-17(23)15-27/h3-10,13-14H,11-12,15H2,1-2H3,(H,26,28)(H,29,30). The van der Waals surface area contributed by atoms with E-state index < -0.39 is 5.97 Å². The van der Waals surface area contributed by atoms with Gasteiger partial charge in [0.1, 0.15) is 23.9 Å². The summed E-state index contributed by atoms with van der Waals surface area (Å²) in [5.74, 6) is 0.645. The number of carboxylic acids is 1. The Bertz CT molecular complexity index is 1180. The number of anilines is 2. The quantitative estimate of drug-likeness (QED) is 0.587. The third kappa shape index (κ3) is 4.85. The van der Waals surface area contributed by atoms with Crippen molar-refractivity contribution in [1.82, 2.24) is 0 Å². The Morgan fingerprint density at radius 2 is 1.70 bits per heavy atom. The maximum absolute atomic E-state index is 12.6. The van der Waals surface area contributed by atoms with E-state index in [0.29, 0.717) is 48.1 Å². The highest BCUT2D eigenvalue weighted by molar-refractivity contribution is 6.05. The summed E-state index contributed by atoms with van der Waals surface area (Å²) >= 11 is 0. The fourth-order valence-corrected chi connectivity index (χ4v) is 3.69. The summed E-state index contributed by atoms with van der Waals surface area (Å²) in [4.78, 5) is 26.6. The SMILES string of the molecule is COc1ccc(C(=O)Nc2ccc(N3CCOc4cc(OC)ccc4C3)c(C(=O)O)c2)cc1. The van der Waals surface area contributed by atoms with Crippen LogP contribution in [0, 0.1) is 0 Å². The molecule has 0 atom stereocenters. The Hall–Kier alpha value is -4.20. The number of carboxylic acid groups (broad SMARTS) is 1. The van der Waals surface area contributed by atoms with E-state index in [1.54, 1.807) is 50.6 Å². The molecule has 0 aromatic heterocycles. The summed E-state index contributed by atoms with van der Waals surface area (Å²) in [5.41, 5.74) is 2.42. The fourth-order valence-electron chi connectivity index (χ4n) is 3.69. The van der Waals surface area contributed by atoms with E-state index in [0.717, 1.165) is 11.3 Å². The maximum Gasteiger partial charge on any atom is 0.337 e. The van der Waals surface area contributed by atoms with Crippen molar-refractivity contribution in [2.75, 3.05) is 37.6 Å². The number of hydrogen-bond donors (Lipinski definition) is 2. The largest absolute Gasteiger partial charge is 0.497 e. The van der Waals surface area contributed by atoms with Crippen LogP contribution < -0.4 is 24.4 Å². The summed E-state index contributed by atoms with van der Waals surface area (Å²) in [7, 11) is 3.15. The molecule has 1 amide bonds. The van der Waals surface area contributed by atoms with Gasteiger partial charge < -0.3 is 29.5 Å². The molecular weight excluding hydrogens is 424 g/mol. The van der Waals surface area contributed by atoms with Gasteiger partial charge in [0.2, 0.25) is 0 Å². The minimum Gasteiger partial charge on any atom is -0.497 e. The van der Waals surface area contributed by atoms with Gasteiger partial charge in [0.05, 0.1) is 32.0 Å². The van der Waals surface area contributed by atoms with Gasteiger partial charge in [-0.3, -0.25) is 4.79 Å². The maximum atomic E-state index is 12.6. The van der Waals surface area contributed by atoms with Crippen molar-refractivity contribution in [1.29, 1.82) is 0 Å². The van der Waals surface area contributed by atoms with Gasteiger partial charge >= 0.3 is 5.97 Å². The van der Waals surface area contributed by atoms with Crippen LogP contribution in [0.5, 0.6) is 17.2 Å².